The maximum Gasteiger partial charge on any atom is 0.317 e. The maximum atomic E-state index is 10.3. The Balaban J connectivity index is 2.22. The van der Waals surface area contributed by atoms with Crippen LogP contribution in [0.2, 0.25) is 0 Å². The zero-order chi connectivity index (χ0) is 9.68. The Hall–Kier alpha value is -0.570. The lowest BCUT2D eigenvalue weighted by Crippen LogP contribution is -2.33. The number of aliphatic carboxylic acids is 1. The number of nitrogens with one attached hydrogen (secondary N) is 1. The van der Waals surface area contributed by atoms with Gasteiger partial charge in [-0.05, 0) is 25.2 Å². The summed E-state index contributed by atoms with van der Waals surface area (Å²) in [5.74, 6) is 0.0638. The standard InChI is InChI=1S/C10H19NO2/c1-8-3-2-4-9(6-5-8)11-7-10(12)13/h8-9,11H,2-7H2,1H3,(H,12,13). The highest BCUT2D eigenvalue weighted by Crippen LogP contribution is 2.22. The van der Waals surface area contributed by atoms with E-state index in [9.17, 15) is 4.79 Å². The van der Waals surface area contributed by atoms with E-state index < -0.39 is 5.97 Å². The second-order valence-electron chi connectivity index (χ2n) is 4.08. The molecule has 0 amide bonds. The van der Waals surface area contributed by atoms with Gasteiger partial charge in [-0.15, -0.1) is 0 Å². The molecule has 2 unspecified atom stereocenters. The van der Waals surface area contributed by atoms with E-state index >= 15 is 0 Å². The van der Waals surface area contributed by atoms with E-state index in [1.165, 1.54) is 19.3 Å². The van der Waals surface area contributed by atoms with E-state index in [4.69, 9.17) is 5.11 Å². The highest BCUT2D eigenvalue weighted by Gasteiger charge is 2.15. The molecule has 0 aromatic rings. The Kier molecular flexibility index (Phi) is 4.22. The fourth-order valence-electron chi connectivity index (χ4n) is 1.92. The summed E-state index contributed by atoms with van der Waals surface area (Å²) in [6.45, 7) is 2.39. The van der Waals surface area contributed by atoms with Gasteiger partial charge in [-0.2, -0.15) is 0 Å². The molecule has 0 aliphatic heterocycles. The largest absolute Gasteiger partial charge is 0.480 e. The van der Waals surface area contributed by atoms with Crippen molar-refractivity contribution in [1.29, 1.82) is 0 Å². The maximum absolute atomic E-state index is 10.3. The van der Waals surface area contributed by atoms with Gasteiger partial charge >= 0.3 is 5.97 Å². The van der Waals surface area contributed by atoms with Crippen molar-refractivity contribution in [2.75, 3.05) is 6.54 Å². The van der Waals surface area contributed by atoms with Crippen molar-refractivity contribution in [2.45, 2.75) is 45.1 Å². The van der Waals surface area contributed by atoms with Gasteiger partial charge in [0.2, 0.25) is 0 Å². The third-order valence-corrected chi connectivity index (χ3v) is 2.80. The molecule has 2 N–H and O–H groups in total. The Labute approximate surface area is 79.5 Å². The smallest absolute Gasteiger partial charge is 0.317 e. The molecular weight excluding hydrogens is 166 g/mol. The lowest BCUT2D eigenvalue weighted by molar-refractivity contribution is -0.136. The van der Waals surface area contributed by atoms with Gasteiger partial charge in [-0.3, -0.25) is 4.79 Å². The first-order valence-electron chi connectivity index (χ1n) is 5.13. The Morgan fingerprint density at radius 3 is 2.85 bits per heavy atom. The van der Waals surface area contributed by atoms with E-state index in [0.717, 1.165) is 18.8 Å². The first kappa shape index (κ1) is 10.5. The van der Waals surface area contributed by atoms with Crippen molar-refractivity contribution < 1.29 is 9.90 Å². The van der Waals surface area contributed by atoms with E-state index in [1.807, 2.05) is 0 Å². The van der Waals surface area contributed by atoms with Crippen molar-refractivity contribution in [1.82, 2.24) is 5.32 Å². The van der Waals surface area contributed by atoms with Crippen molar-refractivity contribution in [2.24, 2.45) is 5.92 Å². The molecule has 1 rings (SSSR count). The monoisotopic (exact) mass is 185 g/mol. The number of hydrogen-bond acceptors (Lipinski definition) is 2. The first-order chi connectivity index (χ1) is 6.18. The number of carboxylic acid groups (broad SMARTS) is 1. The Morgan fingerprint density at radius 2 is 2.15 bits per heavy atom. The number of carboxylic acids is 1. The van der Waals surface area contributed by atoms with E-state index in [0.29, 0.717) is 6.04 Å². The first-order valence-corrected chi connectivity index (χ1v) is 5.13. The Bertz CT molecular complexity index is 170. The van der Waals surface area contributed by atoms with Gasteiger partial charge in [0.05, 0.1) is 6.54 Å². The van der Waals surface area contributed by atoms with Gasteiger partial charge in [0.15, 0.2) is 0 Å². The molecule has 0 radical (unpaired) electrons. The lowest BCUT2D eigenvalue weighted by atomic mass is 10.0. The molecular formula is C10H19NO2. The van der Waals surface area contributed by atoms with Gasteiger partial charge in [-0.1, -0.05) is 19.8 Å². The molecule has 3 nitrogen and oxygen atoms in total. The van der Waals surface area contributed by atoms with Crippen molar-refractivity contribution >= 4 is 5.97 Å². The second-order valence-corrected chi connectivity index (χ2v) is 4.08. The van der Waals surface area contributed by atoms with Gasteiger partial charge < -0.3 is 10.4 Å². The van der Waals surface area contributed by atoms with Crippen molar-refractivity contribution in [3.63, 3.8) is 0 Å². The molecule has 0 saturated heterocycles. The van der Waals surface area contributed by atoms with Crippen molar-refractivity contribution in [3.8, 4) is 0 Å². The third kappa shape index (κ3) is 4.27. The van der Waals surface area contributed by atoms with Crippen LogP contribution in [0.5, 0.6) is 0 Å². The molecule has 0 bridgehead atoms. The summed E-state index contributed by atoms with van der Waals surface area (Å²) >= 11 is 0. The van der Waals surface area contributed by atoms with Gasteiger partial charge in [-0.25, -0.2) is 0 Å². The fraction of sp³-hybridized carbons (Fsp3) is 0.900. The van der Waals surface area contributed by atoms with Gasteiger partial charge in [0.25, 0.3) is 0 Å². The number of hydrogen-bond donors (Lipinski definition) is 2. The molecule has 0 aromatic heterocycles. The number of rotatable bonds is 3. The topological polar surface area (TPSA) is 49.3 Å². The zero-order valence-electron chi connectivity index (χ0n) is 8.25. The highest BCUT2D eigenvalue weighted by atomic mass is 16.4. The van der Waals surface area contributed by atoms with Crippen LogP contribution in [0.4, 0.5) is 0 Å². The average molecular weight is 185 g/mol. The summed E-state index contributed by atoms with van der Waals surface area (Å²) in [5, 5.41) is 11.6. The van der Waals surface area contributed by atoms with Crippen LogP contribution < -0.4 is 5.32 Å². The normalized spacial score (nSPS) is 29.6. The summed E-state index contributed by atoms with van der Waals surface area (Å²) in [5.41, 5.74) is 0. The molecule has 0 spiro atoms. The Morgan fingerprint density at radius 1 is 1.38 bits per heavy atom. The molecule has 1 aliphatic carbocycles. The van der Waals surface area contributed by atoms with Crippen LogP contribution in [0.25, 0.3) is 0 Å². The van der Waals surface area contributed by atoms with Crippen LogP contribution in [0.3, 0.4) is 0 Å². The van der Waals surface area contributed by atoms with Crippen LogP contribution in [0.15, 0.2) is 0 Å². The molecule has 76 valence electrons. The quantitative estimate of drug-likeness (QED) is 0.657. The summed E-state index contributed by atoms with van der Waals surface area (Å²) in [7, 11) is 0. The van der Waals surface area contributed by atoms with Gasteiger partial charge in [0.1, 0.15) is 0 Å². The summed E-state index contributed by atoms with van der Waals surface area (Å²) in [6.07, 6.45) is 6.03. The van der Waals surface area contributed by atoms with Crippen LogP contribution in [0.1, 0.15) is 39.0 Å². The van der Waals surface area contributed by atoms with E-state index in [-0.39, 0.29) is 6.54 Å². The second kappa shape index (κ2) is 5.22. The average Bonchev–Trinajstić information content (AvgIpc) is 2.27. The molecule has 1 saturated carbocycles. The summed E-state index contributed by atoms with van der Waals surface area (Å²) in [6, 6.07) is 0.432. The van der Waals surface area contributed by atoms with Crippen LogP contribution >= 0.6 is 0 Å². The summed E-state index contributed by atoms with van der Waals surface area (Å²) in [4.78, 5) is 10.3. The molecule has 3 heteroatoms. The minimum atomic E-state index is -0.753. The lowest BCUT2D eigenvalue weighted by Gasteiger charge is -2.14. The highest BCUT2D eigenvalue weighted by molar-refractivity contribution is 5.69. The fourth-order valence-corrected chi connectivity index (χ4v) is 1.92. The van der Waals surface area contributed by atoms with Crippen LogP contribution in [-0.4, -0.2) is 23.7 Å². The predicted molar refractivity (Wildman–Crippen MR) is 51.7 cm³/mol. The molecule has 0 heterocycles. The molecule has 13 heavy (non-hydrogen) atoms. The molecule has 2 atom stereocenters. The summed E-state index contributed by atoms with van der Waals surface area (Å²) < 4.78 is 0. The number of carbonyl (C=O) groups is 1. The van der Waals surface area contributed by atoms with E-state index in [2.05, 4.69) is 12.2 Å². The molecule has 0 aromatic carbocycles. The SMILES string of the molecule is CC1CCCC(NCC(=O)O)CC1. The van der Waals surface area contributed by atoms with Crippen molar-refractivity contribution in [3.05, 3.63) is 0 Å². The van der Waals surface area contributed by atoms with Gasteiger partial charge in [0, 0.05) is 6.04 Å². The third-order valence-electron chi connectivity index (χ3n) is 2.80. The molecule has 1 aliphatic rings. The minimum absolute atomic E-state index is 0.110. The van der Waals surface area contributed by atoms with E-state index in [1.54, 1.807) is 0 Å². The molecule has 1 fully saturated rings. The van der Waals surface area contributed by atoms with Crippen LogP contribution in [-0.2, 0) is 4.79 Å². The minimum Gasteiger partial charge on any atom is -0.480 e. The van der Waals surface area contributed by atoms with Crippen LogP contribution in [0, 0.1) is 5.92 Å². The predicted octanol–water partition coefficient (Wildman–Crippen LogP) is 1.63. The zero-order valence-corrected chi connectivity index (χ0v) is 8.25.